The van der Waals surface area contributed by atoms with Crippen molar-refractivity contribution in [1.29, 1.82) is 0 Å². The largest absolute Gasteiger partial charge is 0.475 e. The Morgan fingerprint density at radius 1 is 1.00 bits per heavy atom. The second-order valence-corrected chi connectivity index (χ2v) is 4.75. The van der Waals surface area contributed by atoms with E-state index in [1.165, 1.54) is 18.2 Å². The summed E-state index contributed by atoms with van der Waals surface area (Å²) in [6.45, 7) is 0. The van der Waals surface area contributed by atoms with E-state index in [1.54, 1.807) is 18.2 Å². The van der Waals surface area contributed by atoms with Gasteiger partial charge in [0.2, 0.25) is 5.76 Å². The minimum absolute atomic E-state index is 0.212. The first-order chi connectivity index (χ1) is 10.3. The minimum Gasteiger partial charge on any atom is -0.475 e. The van der Waals surface area contributed by atoms with E-state index >= 15 is 0 Å². The monoisotopic (exact) mass is 306 g/mol. The van der Waals surface area contributed by atoms with Gasteiger partial charge in [-0.2, -0.15) is 13.2 Å². The van der Waals surface area contributed by atoms with Gasteiger partial charge < -0.3 is 9.52 Å². The van der Waals surface area contributed by atoms with Gasteiger partial charge in [-0.05, 0) is 35.4 Å². The average Bonchev–Trinajstić information content (AvgIpc) is 2.89. The van der Waals surface area contributed by atoms with Crippen molar-refractivity contribution in [2.45, 2.75) is 6.18 Å². The standard InChI is InChI=1S/C16H9F3O3/c17-16(18,19)12-3-1-2-9(6-12)10-4-5-11-8-14(15(20)21)22-13(11)7-10/h1-8H,(H,20,21). The molecule has 0 aliphatic carbocycles. The first-order valence-corrected chi connectivity index (χ1v) is 6.29. The lowest BCUT2D eigenvalue weighted by Gasteiger charge is -2.08. The number of halogens is 3. The molecular weight excluding hydrogens is 297 g/mol. The molecule has 112 valence electrons. The smallest absolute Gasteiger partial charge is 0.416 e. The fourth-order valence-corrected chi connectivity index (χ4v) is 2.19. The lowest BCUT2D eigenvalue weighted by Crippen LogP contribution is -2.04. The number of alkyl halides is 3. The average molecular weight is 306 g/mol. The number of hydrogen-bond acceptors (Lipinski definition) is 2. The first kappa shape index (κ1) is 14.2. The van der Waals surface area contributed by atoms with Crippen molar-refractivity contribution in [2.24, 2.45) is 0 Å². The highest BCUT2D eigenvalue weighted by molar-refractivity contribution is 5.92. The molecule has 0 fully saturated rings. The lowest BCUT2D eigenvalue weighted by atomic mass is 10.0. The SMILES string of the molecule is O=C(O)c1cc2ccc(-c3cccc(C(F)(F)F)c3)cc2o1. The van der Waals surface area contributed by atoms with Crippen LogP contribution in [0.4, 0.5) is 13.2 Å². The van der Waals surface area contributed by atoms with Crippen molar-refractivity contribution in [3.8, 4) is 11.1 Å². The van der Waals surface area contributed by atoms with Crippen LogP contribution in [0.1, 0.15) is 16.1 Å². The van der Waals surface area contributed by atoms with Crippen molar-refractivity contribution in [3.05, 3.63) is 59.9 Å². The van der Waals surface area contributed by atoms with Gasteiger partial charge in [0.15, 0.2) is 0 Å². The van der Waals surface area contributed by atoms with Gasteiger partial charge in [-0.3, -0.25) is 0 Å². The minimum atomic E-state index is -4.42. The van der Waals surface area contributed by atoms with Crippen LogP contribution in [-0.2, 0) is 6.18 Å². The Kier molecular flexibility index (Phi) is 3.16. The molecule has 0 amide bonds. The molecule has 3 nitrogen and oxygen atoms in total. The van der Waals surface area contributed by atoms with Gasteiger partial charge in [-0.1, -0.05) is 24.3 Å². The van der Waals surface area contributed by atoms with E-state index in [9.17, 15) is 18.0 Å². The zero-order chi connectivity index (χ0) is 15.9. The Labute approximate surface area is 122 Å². The van der Waals surface area contributed by atoms with Gasteiger partial charge in [-0.15, -0.1) is 0 Å². The van der Waals surface area contributed by atoms with Gasteiger partial charge in [0.1, 0.15) is 5.58 Å². The van der Waals surface area contributed by atoms with Crippen LogP contribution in [-0.4, -0.2) is 11.1 Å². The quantitative estimate of drug-likeness (QED) is 0.738. The summed E-state index contributed by atoms with van der Waals surface area (Å²) in [6, 6.07) is 11.1. The summed E-state index contributed by atoms with van der Waals surface area (Å²) in [4.78, 5) is 10.9. The number of benzene rings is 2. The number of rotatable bonds is 2. The summed E-state index contributed by atoms with van der Waals surface area (Å²) < 4.78 is 43.4. The molecule has 0 atom stereocenters. The number of hydrogen-bond donors (Lipinski definition) is 1. The third-order valence-corrected chi connectivity index (χ3v) is 3.25. The molecular formula is C16H9F3O3. The highest BCUT2D eigenvalue weighted by Gasteiger charge is 2.30. The van der Waals surface area contributed by atoms with Crippen molar-refractivity contribution < 1.29 is 27.5 Å². The zero-order valence-electron chi connectivity index (χ0n) is 11.0. The molecule has 0 saturated heterocycles. The summed E-state index contributed by atoms with van der Waals surface area (Å²) >= 11 is 0. The molecule has 2 aromatic carbocycles. The molecule has 0 radical (unpaired) electrons. The van der Waals surface area contributed by atoms with Crippen LogP contribution in [0.2, 0.25) is 0 Å². The van der Waals surface area contributed by atoms with Crippen LogP contribution < -0.4 is 0 Å². The van der Waals surface area contributed by atoms with Crippen LogP contribution in [0.25, 0.3) is 22.1 Å². The summed E-state index contributed by atoms with van der Waals surface area (Å²) in [5, 5.41) is 9.46. The molecule has 22 heavy (non-hydrogen) atoms. The topological polar surface area (TPSA) is 50.4 Å². The molecule has 0 saturated carbocycles. The lowest BCUT2D eigenvalue weighted by molar-refractivity contribution is -0.137. The molecule has 3 rings (SSSR count). The van der Waals surface area contributed by atoms with E-state index in [0.29, 0.717) is 22.1 Å². The molecule has 0 bridgehead atoms. The van der Waals surface area contributed by atoms with Gasteiger partial charge in [0.25, 0.3) is 0 Å². The van der Waals surface area contributed by atoms with Gasteiger partial charge in [0, 0.05) is 5.39 Å². The third-order valence-electron chi connectivity index (χ3n) is 3.25. The van der Waals surface area contributed by atoms with Crippen molar-refractivity contribution in [3.63, 3.8) is 0 Å². The van der Waals surface area contributed by atoms with E-state index in [4.69, 9.17) is 9.52 Å². The fraction of sp³-hybridized carbons (Fsp3) is 0.0625. The summed E-state index contributed by atoms with van der Waals surface area (Å²) in [5.74, 6) is -1.41. The Morgan fingerprint density at radius 2 is 1.73 bits per heavy atom. The number of carboxylic acids is 1. The highest BCUT2D eigenvalue weighted by atomic mass is 19.4. The van der Waals surface area contributed by atoms with Crippen LogP contribution >= 0.6 is 0 Å². The molecule has 3 aromatic rings. The van der Waals surface area contributed by atoms with E-state index in [0.717, 1.165) is 12.1 Å². The van der Waals surface area contributed by atoms with Crippen molar-refractivity contribution in [2.75, 3.05) is 0 Å². The molecule has 6 heteroatoms. The Morgan fingerprint density at radius 3 is 2.41 bits per heavy atom. The zero-order valence-corrected chi connectivity index (χ0v) is 11.0. The first-order valence-electron chi connectivity index (χ1n) is 6.29. The summed E-state index contributed by atoms with van der Waals surface area (Å²) in [6.07, 6.45) is -4.42. The van der Waals surface area contributed by atoms with Gasteiger partial charge in [-0.25, -0.2) is 4.79 Å². The number of carbonyl (C=O) groups is 1. The van der Waals surface area contributed by atoms with E-state index in [2.05, 4.69) is 0 Å². The molecule has 1 N–H and O–H groups in total. The van der Waals surface area contributed by atoms with Crippen LogP contribution in [0.3, 0.4) is 0 Å². The van der Waals surface area contributed by atoms with E-state index < -0.39 is 17.7 Å². The summed E-state index contributed by atoms with van der Waals surface area (Å²) in [7, 11) is 0. The number of furan rings is 1. The predicted molar refractivity (Wildman–Crippen MR) is 73.6 cm³/mol. The van der Waals surface area contributed by atoms with E-state index in [-0.39, 0.29) is 5.76 Å². The molecule has 0 aliphatic rings. The number of carboxylic acid groups (broad SMARTS) is 1. The predicted octanol–water partition coefficient (Wildman–Crippen LogP) is 4.82. The maximum atomic E-state index is 12.7. The number of fused-ring (bicyclic) bond motifs is 1. The number of aromatic carboxylic acids is 1. The van der Waals surface area contributed by atoms with Crippen molar-refractivity contribution >= 4 is 16.9 Å². The van der Waals surface area contributed by atoms with Crippen LogP contribution in [0.15, 0.2) is 52.9 Å². The second-order valence-electron chi connectivity index (χ2n) is 4.75. The van der Waals surface area contributed by atoms with Gasteiger partial charge in [0.05, 0.1) is 5.56 Å². The molecule has 0 aliphatic heterocycles. The van der Waals surface area contributed by atoms with E-state index in [1.807, 2.05) is 0 Å². The fourth-order valence-electron chi connectivity index (χ4n) is 2.19. The second kappa shape index (κ2) is 4.91. The van der Waals surface area contributed by atoms with Crippen LogP contribution in [0, 0.1) is 0 Å². The Bertz CT molecular complexity index is 862. The summed E-state index contributed by atoms with van der Waals surface area (Å²) in [5.41, 5.74) is 0.470. The normalized spacial score (nSPS) is 11.8. The molecule has 0 unspecified atom stereocenters. The molecule has 1 heterocycles. The maximum absolute atomic E-state index is 12.7. The highest BCUT2D eigenvalue weighted by Crippen LogP contribution is 2.33. The maximum Gasteiger partial charge on any atom is 0.416 e. The van der Waals surface area contributed by atoms with Crippen molar-refractivity contribution in [1.82, 2.24) is 0 Å². The molecule has 0 spiro atoms. The molecule has 1 aromatic heterocycles. The Balaban J connectivity index is 2.08. The third kappa shape index (κ3) is 2.55. The van der Waals surface area contributed by atoms with Crippen LogP contribution in [0.5, 0.6) is 0 Å². The van der Waals surface area contributed by atoms with Gasteiger partial charge >= 0.3 is 12.1 Å². The Hall–Kier alpha value is -2.76.